The van der Waals surface area contributed by atoms with E-state index in [4.69, 9.17) is 5.73 Å². The topological polar surface area (TPSA) is 114 Å². The quantitative estimate of drug-likeness (QED) is 0.444. The Kier molecular flexibility index (Phi) is 5.85. The zero-order valence-corrected chi connectivity index (χ0v) is 21.4. The molecule has 1 aliphatic heterocycles. The van der Waals surface area contributed by atoms with Gasteiger partial charge < -0.3 is 11.1 Å². The van der Waals surface area contributed by atoms with Gasteiger partial charge in [0.1, 0.15) is 11.6 Å². The number of nitrogens with two attached hydrogens (primary N) is 1. The molecule has 5 rings (SSSR count). The van der Waals surface area contributed by atoms with Crippen molar-refractivity contribution in [3.8, 4) is 11.1 Å². The summed E-state index contributed by atoms with van der Waals surface area (Å²) < 4.78 is 13.6. The molecule has 0 fully saturated rings. The normalized spacial score (nSPS) is 18.9. The fourth-order valence-corrected chi connectivity index (χ4v) is 5.17. The molecule has 1 amide bonds. The molecule has 2 aliphatic rings. The minimum absolute atomic E-state index is 0.0671. The number of pyridine rings is 1. The summed E-state index contributed by atoms with van der Waals surface area (Å²) in [7, 11) is 0. The Balaban J connectivity index is 1.56. The third-order valence-corrected chi connectivity index (χ3v) is 7.23. The highest BCUT2D eigenvalue weighted by molar-refractivity contribution is 6.01. The van der Waals surface area contributed by atoms with Crippen molar-refractivity contribution in [2.24, 2.45) is 11.1 Å². The highest BCUT2D eigenvalue weighted by atomic mass is 19.1. The highest BCUT2D eigenvalue weighted by Crippen LogP contribution is 2.49. The van der Waals surface area contributed by atoms with E-state index in [-0.39, 0.29) is 17.0 Å². The van der Waals surface area contributed by atoms with Gasteiger partial charge in [-0.2, -0.15) is 5.10 Å². The van der Waals surface area contributed by atoms with Crippen molar-refractivity contribution in [1.82, 2.24) is 15.2 Å². The van der Waals surface area contributed by atoms with Gasteiger partial charge in [0.15, 0.2) is 5.78 Å². The van der Waals surface area contributed by atoms with Crippen LogP contribution in [0.15, 0.2) is 59.9 Å². The number of ketones is 1. The summed E-state index contributed by atoms with van der Waals surface area (Å²) in [6.45, 7) is 7.62. The van der Waals surface area contributed by atoms with E-state index in [1.807, 2.05) is 30.4 Å². The maximum atomic E-state index is 13.6. The third kappa shape index (κ3) is 4.48. The van der Waals surface area contributed by atoms with Crippen molar-refractivity contribution >= 4 is 23.6 Å². The Labute approximate surface area is 215 Å². The molecule has 190 valence electrons. The average Bonchev–Trinajstić information content (AvgIpc) is 3.26. The summed E-state index contributed by atoms with van der Waals surface area (Å²) in [4.78, 5) is 30.3. The van der Waals surface area contributed by atoms with Crippen molar-refractivity contribution in [3.05, 3.63) is 82.7 Å². The predicted octanol–water partition coefficient (Wildman–Crippen LogP) is 5.24. The van der Waals surface area contributed by atoms with E-state index in [0.717, 1.165) is 22.4 Å². The van der Waals surface area contributed by atoms with Gasteiger partial charge >= 0.3 is 0 Å². The lowest BCUT2D eigenvalue weighted by atomic mass is 9.69. The number of nitrogens with zero attached hydrogens (tertiary/aromatic N) is 2. The molecule has 3 heterocycles. The molecular formula is C29H30FN5O2. The van der Waals surface area contributed by atoms with Crippen LogP contribution in [0.1, 0.15) is 63.4 Å². The Hall–Kier alpha value is -4.07. The number of Topliss-reactive ketones (excluding diaryl/α,β-unsaturated/α-hetero) is 1. The number of carbonyl (C=O) groups excluding carboxylic acids is 2. The molecule has 3 aromatic rings. The molecule has 0 saturated heterocycles. The summed E-state index contributed by atoms with van der Waals surface area (Å²) in [6.07, 6.45) is 6.64. The van der Waals surface area contributed by atoms with Gasteiger partial charge in [0.2, 0.25) is 5.91 Å². The predicted molar refractivity (Wildman–Crippen MR) is 141 cm³/mol. The summed E-state index contributed by atoms with van der Waals surface area (Å²) in [6, 6.07) is 10.1. The minimum Gasteiger partial charge on any atom is -0.369 e. The first-order chi connectivity index (χ1) is 17.5. The molecule has 0 bridgehead atoms. The van der Waals surface area contributed by atoms with Crippen LogP contribution in [0.2, 0.25) is 0 Å². The van der Waals surface area contributed by atoms with Gasteiger partial charge in [0, 0.05) is 40.9 Å². The number of anilines is 1. The number of aromatic amines is 1. The number of hydrogen-bond donors (Lipinski definition) is 3. The Bertz CT molecular complexity index is 1460. The second-order valence-corrected chi connectivity index (χ2v) is 11.1. The highest BCUT2D eigenvalue weighted by Gasteiger charge is 2.44. The molecular weight excluding hydrogens is 469 g/mol. The lowest BCUT2D eigenvalue weighted by molar-refractivity contribution is -0.122. The van der Waals surface area contributed by atoms with Gasteiger partial charge in [-0.25, -0.2) is 4.39 Å². The van der Waals surface area contributed by atoms with Crippen LogP contribution in [0.5, 0.6) is 0 Å². The Morgan fingerprint density at radius 2 is 1.97 bits per heavy atom. The van der Waals surface area contributed by atoms with Crippen molar-refractivity contribution in [2.45, 2.75) is 51.9 Å². The summed E-state index contributed by atoms with van der Waals surface area (Å²) in [5.74, 6) is -0.501. The van der Waals surface area contributed by atoms with Crippen LogP contribution in [0.4, 0.5) is 10.2 Å². The van der Waals surface area contributed by atoms with E-state index in [2.05, 4.69) is 34.3 Å². The van der Waals surface area contributed by atoms with Gasteiger partial charge in [0.05, 0.1) is 16.8 Å². The van der Waals surface area contributed by atoms with E-state index >= 15 is 0 Å². The molecule has 0 saturated carbocycles. The second kappa shape index (κ2) is 8.80. The number of allylic oxidation sites excluding steroid dienone is 3. The molecule has 4 N–H and O–H groups in total. The number of fused-ring (bicyclic) bond motifs is 1. The maximum absolute atomic E-state index is 13.6. The molecule has 1 aliphatic carbocycles. The fourth-order valence-electron chi connectivity index (χ4n) is 5.17. The maximum Gasteiger partial charge on any atom is 0.229 e. The lowest BCUT2D eigenvalue weighted by Gasteiger charge is -2.38. The summed E-state index contributed by atoms with van der Waals surface area (Å²) >= 11 is 0. The van der Waals surface area contributed by atoms with Crippen LogP contribution in [0, 0.1) is 11.2 Å². The molecule has 1 aromatic carbocycles. The van der Waals surface area contributed by atoms with Crippen LogP contribution < -0.4 is 11.1 Å². The third-order valence-electron chi connectivity index (χ3n) is 7.23. The van der Waals surface area contributed by atoms with E-state index in [1.54, 1.807) is 26.1 Å². The van der Waals surface area contributed by atoms with Gasteiger partial charge in [-0.05, 0) is 55.5 Å². The van der Waals surface area contributed by atoms with Crippen LogP contribution in [0.25, 0.3) is 17.2 Å². The van der Waals surface area contributed by atoms with Crippen LogP contribution in [-0.2, 0) is 15.0 Å². The van der Waals surface area contributed by atoms with E-state index in [0.29, 0.717) is 35.6 Å². The number of H-pyrrole nitrogens is 1. The minimum atomic E-state index is -1.04. The Morgan fingerprint density at radius 3 is 2.65 bits per heavy atom. The number of nitrogens with one attached hydrogen (secondary N) is 2. The van der Waals surface area contributed by atoms with E-state index < -0.39 is 17.2 Å². The molecule has 1 unspecified atom stereocenters. The molecule has 0 spiro atoms. The number of rotatable bonds is 5. The van der Waals surface area contributed by atoms with Crippen LogP contribution in [-0.4, -0.2) is 26.9 Å². The number of hydrogen-bond acceptors (Lipinski definition) is 5. The monoisotopic (exact) mass is 499 g/mol. The number of aromatic nitrogens is 3. The standard InChI is InChI=1S/C29H30FN5O2/c1-28(2)13-21-23(22(36)14-28)20(24-25(29(3,4)27(31)37)34-35-26(24)33-21)11-10-19-9-8-17(15-32-19)16-6-5-7-18(30)12-16/h5-12,15,20H,13-14H2,1-4H3,(H2,31,37)(H2,33,34,35)/b11-10+. The number of primary amides is 1. The van der Waals surface area contributed by atoms with E-state index in [1.165, 1.54) is 12.1 Å². The van der Waals surface area contributed by atoms with Crippen LogP contribution >= 0.6 is 0 Å². The molecule has 0 radical (unpaired) electrons. The fraction of sp³-hybridized carbons (Fsp3) is 0.310. The number of amides is 1. The van der Waals surface area contributed by atoms with Gasteiger partial charge in [-0.15, -0.1) is 0 Å². The summed E-state index contributed by atoms with van der Waals surface area (Å²) in [5, 5.41) is 10.9. The molecule has 37 heavy (non-hydrogen) atoms. The smallest absolute Gasteiger partial charge is 0.229 e. The number of halogens is 1. The molecule has 1 atom stereocenters. The van der Waals surface area contributed by atoms with Crippen molar-refractivity contribution in [1.29, 1.82) is 0 Å². The van der Waals surface area contributed by atoms with Crippen LogP contribution in [0.3, 0.4) is 0 Å². The zero-order valence-electron chi connectivity index (χ0n) is 21.4. The van der Waals surface area contributed by atoms with Gasteiger partial charge in [0.25, 0.3) is 0 Å². The Morgan fingerprint density at radius 1 is 1.19 bits per heavy atom. The lowest BCUT2D eigenvalue weighted by Crippen LogP contribution is -2.38. The van der Waals surface area contributed by atoms with Gasteiger partial charge in [-0.1, -0.05) is 38.1 Å². The van der Waals surface area contributed by atoms with Gasteiger partial charge in [-0.3, -0.25) is 19.7 Å². The molecule has 7 nitrogen and oxygen atoms in total. The van der Waals surface area contributed by atoms with Crippen molar-refractivity contribution < 1.29 is 14.0 Å². The van der Waals surface area contributed by atoms with Crippen molar-refractivity contribution in [2.75, 3.05) is 5.32 Å². The molecule has 8 heteroatoms. The van der Waals surface area contributed by atoms with Crippen molar-refractivity contribution in [3.63, 3.8) is 0 Å². The first-order valence-electron chi connectivity index (χ1n) is 12.3. The SMILES string of the molecule is CC1(C)CC(=O)C2=C(C1)Nc1[nH]nc(C(C)(C)C(N)=O)c1C2/C=C/c1ccc(-c2cccc(F)c2)cn1. The second-order valence-electron chi connectivity index (χ2n) is 11.1. The zero-order chi connectivity index (χ0) is 26.5. The largest absolute Gasteiger partial charge is 0.369 e. The summed E-state index contributed by atoms with van der Waals surface area (Å²) in [5.41, 5.74) is 9.54. The van der Waals surface area contributed by atoms with E-state index in [9.17, 15) is 14.0 Å². The number of benzene rings is 1. The number of carbonyl (C=O) groups is 2. The molecule has 2 aromatic heterocycles. The first-order valence-corrected chi connectivity index (χ1v) is 12.3. The first kappa shape index (κ1) is 24.6. The average molecular weight is 500 g/mol.